The van der Waals surface area contributed by atoms with Crippen LogP contribution in [0.5, 0.6) is 28.7 Å². The maximum Gasteiger partial charge on any atom is 0.255 e. The summed E-state index contributed by atoms with van der Waals surface area (Å²) in [6, 6.07) is 17.1. The average molecular weight is 487 g/mol. The second-order valence-corrected chi connectivity index (χ2v) is 7.47. The number of carbonyl (C=O) groups excluding carboxylic acids is 1. The number of carbonyl (C=O) groups is 1. The van der Waals surface area contributed by atoms with Crippen LogP contribution in [0.3, 0.4) is 0 Å². The van der Waals surface area contributed by atoms with Crippen molar-refractivity contribution in [3.63, 3.8) is 0 Å². The molecule has 0 saturated carbocycles. The molecule has 7 nitrogen and oxygen atoms in total. The highest BCUT2D eigenvalue weighted by atomic mass is 35.5. The number of ether oxygens (including phenoxy) is 4. The van der Waals surface area contributed by atoms with Gasteiger partial charge < -0.3 is 30.0 Å². The Hall–Kier alpha value is -3.42. The van der Waals surface area contributed by atoms with Gasteiger partial charge in [0.1, 0.15) is 5.75 Å². The number of nitrogens with one attached hydrogen (secondary N) is 1. The van der Waals surface area contributed by atoms with E-state index in [1.165, 1.54) is 21.3 Å². The van der Waals surface area contributed by atoms with E-state index < -0.39 is 0 Å². The number of amides is 1. The summed E-state index contributed by atoms with van der Waals surface area (Å²) in [4.78, 5) is 13.1. The van der Waals surface area contributed by atoms with Gasteiger partial charge in [-0.25, -0.2) is 0 Å². The largest absolute Gasteiger partial charge is 0.492 e. The molecule has 0 aliphatic heterocycles. The number of benzene rings is 3. The highest BCUT2D eigenvalue weighted by Crippen LogP contribution is 2.47. The van der Waals surface area contributed by atoms with Crippen molar-refractivity contribution >= 4 is 18.3 Å². The first-order chi connectivity index (χ1) is 16.0. The van der Waals surface area contributed by atoms with Gasteiger partial charge >= 0.3 is 0 Å². The smallest absolute Gasteiger partial charge is 0.255 e. The summed E-state index contributed by atoms with van der Waals surface area (Å²) < 4.78 is 22.7. The second kappa shape index (κ2) is 12.7. The number of nitrogens with two attached hydrogens (primary N) is 1. The molecule has 3 aromatic rings. The van der Waals surface area contributed by atoms with E-state index in [2.05, 4.69) is 5.32 Å². The lowest BCUT2D eigenvalue weighted by molar-refractivity contribution is 0.0946. The van der Waals surface area contributed by atoms with Crippen LogP contribution in [0.1, 0.15) is 27.0 Å². The number of hydrogen-bond acceptors (Lipinski definition) is 6. The molecule has 0 aliphatic rings. The monoisotopic (exact) mass is 486 g/mol. The predicted octanol–water partition coefficient (Wildman–Crippen LogP) is 4.67. The third kappa shape index (κ3) is 6.34. The van der Waals surface area contributed by atoms with Crippen molar-refractivity contribution in [1.29, 1.82) is 0 Å². The van der Waals surface area contributed by atoms with E-state index in [0.717, 1.165) is 23.1 Å². The highest BCUT2D eigenvalue weighted by Gasteiger charge is 2.26. The van der Waals surface area contributed by atoms with E-state index >= 15 is 0 Å². The Labute approximate surface area is 206 Å². The van der Waals surface area contributed by atoms with Gasteiger partial charge in [-0.1, -0.05) is 42.0 Å². The van der Waals surface area contributed by atoms with Crippen LogP contribution in [0.2, 0.25) is 0 Å². The third-order valence-electron chi connectivity index (χ3n) is 5.17. The Morgan fingerprint density at radius 1 is 0.853 bits per heavy atom. The van der Waals surface area contributed by atoms with Crippen molar-refractivity contribution in [3.8, 4) is 28.7 Å². The fraction of sp³-hybridized carbons (Fsp3) is 0.269. The molecule has 3 rings (SSSR count). The molecule has 0 radical (unpaired) electrons. The van der Waals surface area contributed by atoms with Crippen molar-refractivity contribution in [2.45, 2.75) is 19.9 Å². The van der Waals surface area contributed by atoms with Gasteiger partial charge in [-0.3, -0.25) is 4.79 Å². The minimum Gasteiger partial charge on any atom is -0.492 e. The quantitative estimate of drug-likeness (QED) is 0.433. The Bertz CT molecular complexity index is 1090. The van der Waals surface area contributed by atoms with Gasteiger partial charge in [0, 0.05) is 12.6 Å². The summed E-state index contributed by atoms with van der Waals surface area (Å²) in [5.41, 5.74) is 9.15. The number of methoxy groups -OCH3 is 3. The minimum absolute atomic E-state index is 0. The van der Waals surface area contributed by atoms with Gasteiger partial charge in [0.05, 0.1) is 26.9 Å². The molecule has 3 aromatic carbocycles. The molecular weight excluding hydrogens is 456 g/mol. The van der Waals surface area contributed by atoms with Gasteiger partial charge in [0.25, 0.3) is 5.91 Å². The van der Waals surface area contributed by atoms with Crippen molar-refractivity contribution in [2.75, 3.05) is 27.9 Å². The van der Waals surface area contributed by atoms with Crippen LogP contribution in [0.25, 0.3) is 0 Å². The van der Waals surface area contributed by atoms with E-state index in [-0.39, 0.29) is 35.4 Å². The van der Waals surface area contributed by atoms with Crippen molar-refractivity contribution in [1.82, 2.24) is 5.32 Å². The topological polar surface area (TPSA) is 92.0 Å². The van der Waals surface area contributed by atoms with Crippen LogP contribution in [-0.4, -0.2) is 33.8 Å². The zero-order valence-electron chi connectivity index (χ0n) is 19.8. The van der Waals surface area contributed by atoms with Crippen molar-refractivity contribution < 1.29 is 23.7 Å². The lowest BCUT2D eigenvalue weighted by atomic mass is 10.1. The molecular formula is C26H31ClN2O5. The minimum atomic E-state index is -0.323. The van der Waals surface area contributed by atoms with Crippen LogP contribution in [0, 0.1) is 6.92 Å². The third-order valence-corrected chi connectivity index (χ3v) is 5.17. The zero-order chi connectivity index (χ0) is 23.8. The summed E-state index contributed by atoms with van der Waals surface area (Å²) in [6.45, 7) is 2.96. The first kappa shape index (κ1) is 26.8. The van der Waals surface area contributed by atoms with Gasteiger partial charge in [0.15, 0.2) is 11.5 Å². The molecule has 0 atom stereocenters. The van der Waals surface area contributed by atoms with Gasteiger partial charge in [-0.15, -0.1) is 12.4 Å². The van der Waals surface area contributed by atoms with Crippen molar-refractivity contribution in [3.05, 3.63) is 76.9 Å². The molecule has 0 heterocycles. The summed E-state index contributed by atoms with van der Waals surface area (Å²) in [5.74, 6) is 1.47. The molecule has 1 amide bonds. The molecule has 3 N–H and O–H groups in total. The normalized spacial score (nSPS) is 10.1. The summed E-state index contributed by atoms with van der Waals surface area (Å²) in [6.07, 6.45) is 0.783. The number of rotatable bonds is 10. The predicted molar refractivity (Wildman–Crippen MR) is 135 cm³/mol. The Morgan fingerprint density at radius 3 is 2.00 bits per heavy atom. The maximum atomic E-state index is 13.1. The average Bonchev–Trinajstić information content (AvgIpc) is 2.84. The lowest BCUT2D eigenvalue weighted by Gasteiger charge is -2.19. The van der Waals surface area contributed by atoms with E-state index in [4.69, 9.17) is 24.7 Å². The Morgan fingerprint density at radius 2 is 1.44 bits per heavy atom. The van der Waals surface area contributed by atoms with Crippen LogP contribution >= 0.6 is 12.4 Å². The van der Waals surface area contributed by atoms with Crippen LogP contribution < -0.4 is 30.0 Å². The fourth-order valence-corrected chi connectivity index (χ4v) is 3.43. The lowest BCUT2D eigenvalue weighted by Crippen LogP contribution is -2.23. The van der Waals surface area contributed by atoms with Crippen LogP contribution in [-0.2, 0) is 13.0 Å². The fourth-order valence-electron chi connectivity index (χ4n) is 3.43. The molecule has 8 heteroatoms. The van der Waals surface area contributed by atoms with Crippen LogP contribution in [0.15, 0.2) is 54.6 Å². The summed E-state index contributed by atoms with van der Waals surface area (Å²) >= 11 is 0. The molecule has 0 unspecified atom stereocenters. The molecule has 0 fully saturated rings. The number of halogens is 1. The summed E-state index contributed by atoms with van der Waals surface area (Å²) in [5, 5.41) is 2.93. The number of aryl methyl sites for hydroxylation is 1. The van der Waals surface area contributed by atoms with E-state index in [1.807, 2.05) is 55.5 Å². The molecule has 0 bridgehead atoms. The second-order valence-electron chi connectivity index (χ2n) is 7.47. The van der Waals surface area contributed by atoms with Gasteiger partial charge in [0.2, 0.25) is 11.5 Å². The molecule has 0 aromatic heterocycles. The molecule has 0 spiro atoms. The highest BCUT2D eigenvalue weighted by molar-refractivity contribution is 5.99. The molecule has 0 saturated heterocycles. The Balaban J connectivity index is 0.00000408. The van der Waals surface area contributed by atoms with E-state index in [9.17, 15) is 4.79 Å². The van der Waals surface area contributed by atoms with Crippen LogP contribution in [0.4, 0.5) is 0 Å². The summed E-state index contributed by atoms with van der Waals surface area (Å²) in [7, 11) is 4.47. The maximum absolute atomic E-state index is 13.1. The van der Waals surface area contributed by atoms with E-state index in [1.54, 1.807) is 6.07 Å². The van der Waals surface area contributed by atoms with Gasteiger partial charge in [-0.2, -0.15) is 0 Å². The van der Waals surface area contributed by atoms with Gasteiger partial charge in [-0.05, 0) is 43.1 Å². The first-order valence-electron chi connectivity index (χ1n) is 10.6. The van der Waals surface area contributed by atoms with Crippen molar-refractivity contribution in [2.24, 2.45) is 5.73 Å². The SMILES string of the molecule is COc1c(Oc2ccc(CCN)cc2)cc(C(=O)NCc2ccc(C)cc2)c(OC)c1OC.Cl. The molecule has 0 aliphatic carbocycles. The molecule has 182 valence electrons. The standard InChI is InChI=1S/C26H30N2O5.ClH/c1-17-5-7-19(8-6-17)16-28-26(29)21-15-22(24(31-3)25(32-4)23(21)30-2)33-20-11-9-18(10-12-20)13-14-27;/h5-12,15H,13-14,16,27H2,1-4H3,(H,28,29);1H. The number of hydrogen-bond donors (Lipinski definition) is 2. The molecule has 34 heavy (non-hydrogen) atoms. The van der Waals surface area contributed by atoms with E-state index in [0.29, 0.717) is 30.3 Å². The zero-order valence-corrected chi connectivity index (χ0v) is 20.7. The first-order valence-corrected chi connectivity index (χ1v) is 10.6. The Kier molecular flexibility index (Phi) is 10.0.